The van der Waals surface area contributed by atoms with Crippen LogP contribution in [0.5, 0.6) is 0 Å². The molecule has 1 aromatic carbocycles. The SMILES string of the molecule is Cc1cc(-c2ccc(CC(N)=O)cc2)ncc1-n1cnn(C/C(=C/F)CN)c1=O. The molecule has 0 bridgehead atoms. The van der Waals surface area contributed by atoms with Gasteiger partial charge in [0, 0.05) is 12.1 Å². The van der Waals surface area contributed by atoms with E-state index in [0.29, 0.717) is 12.0 Å². The van der Waals surface area contributed by atoms with Gasteiger partial charge in [-0.1, -0.05) is 24.3 Å². The minimum absolute atomic E-state index is 0.00328. The Morgan fingerprint density at radius 1 is 1.28 bits per heavy atom. The van der Waals surface area contributed by atoms with Gasteiger partial charge in [-0.3, -0.25) is 9.78 Å². The Morgan fingerprint density at radius 3 is 2.59 bits per heavy atom. The van der Waals surface area contributed by atoms with Gasteiger partial charge in [0.1, 0.15) is 6.33 Å². The summed E-state index contributed by atoms with van der Waals surface area (Å²) >= 11 is 0. The highest BCUT2D eigenvalue weighted by atomic mass is 19.1. The third-order valence-electron chi connectivity index (χ3n) is 4.47. The predicted molar refractivity (Wildman–Crippen MR) is 107 cm³/mol. The number of hydrogen-bond acceptors (Lipinski definition) is 5. The lowest BCUT2D eigenvalue weighted by Crippen LogP contribution is -2.26. The fourth-order valence-electron chi connectivity index (χ4n) is 2.90. The highest BCUT2D eigenvalue weighted by Crippen LogP contribution is 2.21. The number of carbonyl (C=O) groups is 1. The van der Waals surface area contributed by atoms with Crippen LogP contribution < -0.4 is 17.2 Å². The average molecular weight is 396 g/mol. The van der Waals surface area contributed by atoms with E-state index in [4.69, 9.17) is 11.5 Å². The van der Waals surface area contributed by atoms with E-state index in [1.807, 2.05) is 37.3 Å². The number of aromatic nitrogens is 4. The van der Waals surface area contributed by atoms with Gasteiger partial charge in [0.2, 0.25) is 5.91 Å². The lowest BCUT2D eigenvalue weighted by Gasteiger charge is -2.08. The van der Waals surface area contributed by atoms with E-state index in [9.17, 15) is 14.0 Å². The van der Waals surface area contributed by atoms with Crippen LogP contribution >= 0.6 is 0 Å². The summed E-state index contributed by atoms with van der Waals surface area (Å²) < 4.78 is 15.2. The molecule has 3 rings (SSSR count). The van der Waals surface area contributed by atoms with Gasteiger partial charge in [0.25, 0.3) is 0 Å². The number of halogens is 1. The van der Waals surface area contributed by atoms with Crippen molar-refractivity contribution in [2.24, 2.45) is 11.5 Å². The second-order valence-electron chi connectivity index (χ2n) is 6.61. The third-order valence-corrected chi connectivity index (χ3v) is 4.47. The number of hydrogen-bond donors (Lipinski definition) is 2. The first-order valence-corrected chi connectivity index (χ1v) is 8.90. The van der Waals surface area contributed by atoms with Crippen LogP contribution in [0.4, 0.5) is 4.39 Å². The first-order chi connectivity index (χ1) is 13.9. The molecule has 0 aliphatic rings. The number of primary amides is 1. The Hall–Kier alpha value is -3.59. The van der Waals surface area contributed by atoms with Gasteiger partial charge in [-0.25, -0.2) is 18.4 Å². The van der Waals surface area contributed by atoms with Gasteiger partial charge in [-0.2, -0.15) is 5.10 Å². The molecular weight excluding hydrogens is 375 g/mol. The molecule has 4 N–H and O–H groups in total. The minimum Gasteiger partial charge on any atom is -0.369 e. The van der Waals surface area contributed by atoms with Crippen molar-refractivity contribution in [2.75, 3.05) is 6.54 Å². The zero-order valence-corrected chi connectivity index (χ0v) is 15.9. The first kappa shape index (κ1) is 20.2. The van der Waals surface area contributed by atoms with E-state index >= 15 is 0 Å². The summed E-state index contributed by atoms with van der Waals surface area (Å²) in [6, 6.07) is 9.23. The van der Waals surface area contributed by atoms with Crippen LogP contribution in [0.1, 0.15) is 11.1 Å². The Morgan fingerprint density at radius 2 is 2.00 bits per heavy atom. The lowest BCUT2D eigenvalue weighted by atomic mass is 10.0. The molecule has 29 heavy (non-hydrogen) atoms. The second-order valence-corrected chi connectivity index (χ2v) is 6.61. The number of nitrogens with two attached hydrogens (primary N) is 2. The quantitative estimate of drug-likeness (QED) is 0.622. The van der Waals surface area contributed by atoms with Crippen LogP contribution in [-0.2, 0) is 17.8 Å². The lowest BCUT2D eigenvalue weighted by molar-refractivity contribution is -0.117. The number of amides is 1. The van der Waals surface area contributed by atoms with Crippen LogP contribution in [0.15, 0.2) is 59.6 Å². The molecule has 0 aliphatic heterocycles. The van der Waals surface area contributed by atoms with E-state index in [1.165, 1.54) is 10.9 Å². The average Bonchev–Trinajstić information content (AvgIpc) is 3.06. The Kier molecular flexibility index (Phi) is 5.99. The van der Waals surface area contributed by atoms with Crippen molar-refractivity contribution >= 4 is 5.91 Å². The molecule has 0 spiro atoms. The van der Waals surface area contributed by atoms with Crippen LogP contribution in [0.25, 0.3) is 16.9 Å². The zero-order chi connectivity index (χ0) is 21.0. The maximum absolute atomic E-state index is 12.7. The summed E-state index contributed by atoms with van der Waals surface area (Å²) in [5.74, 6) is -0.386. The monoisotopic (exact) mass is 396 g/mol. The van der Waals surface area contributed by atoms with Gasteiger partial charge in [-0.05, 0) is 29.7 Å². The molecule has 0 saturated heterocycles. The first-order valence-electron chi connectivity index (χ1n) is 8.90. The van der Waals surface area contributed by atoms with Gasteiger partial charge in [0.05, 0.1) is 36.9 Å². The molecule has 0 atom stereocenters. The molecule has 2 heterocycles. The van der Waals surface area contributed by atoms with Crippen molar-refractivity contribution in [2.45, 2.75) is 19.9 Å². The summed E-state index contributed by atoms with van der Waals surface area (Å²) in [7, 11) is 0. The summed E-state index contributed by atoms with van der Waals surface area (Å²) in [4.78, 5) is 28.0. The molecule has 3 aromatic rings. The number of aryl methyl sites for hydroxylation is 1. The molecule has 0 unspecified atom stereocenters. The van der Waals surface area contributed by atoms with Gasteiger partial charge in [0.15, 0.2) is 0 Å². The van der Waals surface area contributed by atoms with E-state index in [2.05, 4.69) is 10.1 Å². The maximum atomic E-state index is 12.7. The van der Waals surface area contributed by atoms with Crippen molar-refractivity contribution < 1.29 is 9.18 Å². The smallest absolute Gasteiger partial charge is 0.350 e. The van der Waals surface area contributed by atoms with Crippen LogP contribution in [0.2, 0.25) is 0 Å². The number of nitrogens with zero attached hydrogens (tertiary/aromatic N) is 4. The highest BCUT2D eigenvalue weighted by molar-refractivity contribution is 5.76. The summed E-state index contributed by atoms with van der Waals surface area (Å²) in [6.07, 6.45) is 3.53. The summed E-state index contributed by atoms with van der Waals surface area (Å²) in [6.45, 7) is 1.85. The fraction of sp³-hybridized carbons (Fsp3) is 0.200. The minimum atomic E-state index is -0.411. The molecule has 150 valence electrons. The van der Waals surface area contributed by atoms with Gasteiger partial charge < -0.3 is 11.5 Å². The van der Waals surface area contributed by atoms with Crippen molar-refractivity contribution in [1.82, 2.24) is 19.3 Å². The normalized spacial score (nSPS) is 11.6. The standard InChI is InChI=1S/C20H21FN6O2/c1-13-6-17(16-4-2-14(3-5-16)7-19(23)28)24-10-18(13)26-12-25-27(20(26)29)11-15(8-21)9-22/h2-6,8,10,12H,7,9,11,22H2,1H3,(H2,23,28)/b15-8+. The van der Waals surface area contributed by atoms with E-state index in [1.54, 1.807) is 6.20 Å². The maximum Gasteiger partial charge on any atom is 0.350 e. The van der Waals surface area contributed by atoms with E-state index < -0.39 is 5.69 Å². The Bertz CT molecular complexity index is 1110. The number of rotatable bonds is 7. The largest absolute Gasteiger partial charge is 0.369 e. The van der Waals surface area contributed by atoms with Crippen molar-refractivity contribution in [3.05, 3.63) is 76.4 Å². The topological polar surface area (TPSA) is 122 Å². The van der Waals surface area contributed by atoms with Crippen molar-refractivity contribution in [3.63, 3.8) is 0 Å². The fourth-order valence-corrected chi connectivity index (χ4v) is 2.90. The second kappa shape index (κ2) is 8.61. The highest BCUT2D eigenvalue weighted by Gasteiger charge is 2.12. The Labute approximate surface area is 166 Å². The molecule has 8 nitrogen and oxygen atoms in total. The van der Waals surface area contributed by atoms with Crippen LogP contribution in [0.3, 0.4) is 0 Å². The van der Waals surface area contributed by atoms with Crippen LogP contribution in [-0.4, -0.2) is 31.8 Å². The van der Waals surface area contributed by atoms with E-state index in [-0.39, 0.29) is 31.0 Å². The van der Waals surface area contributed by atoms with Gasteiger partial charge >= 0.3 is 5.69 Å². The number of pyridine rings is 1. The summed E-state index contributed by atoms with van der Waals surface area (Å²) in [5.41, 5.74) is 14.3. The van der Waals surface area contributed by atoms with Crippen molar-refractivity contribution in [3.8, 4) is 16.9 Å². The summed E-state index contributed by atoms with van der Waals surface area (Å²) in [5, 5.41) is 4.02. The predicted octanol–water partition coefficient (Wildman–Crippen LogP) is 1.24. The third kappa shape index (κ3) is 4.46. The number of benzene rings is 1. The molecule has 0 saturated carbocycles. The Balaban J connectivity index is 1.88. The van der Waals surface area contributed by atoms with Crippen molar-refractivity contribution in [1.29, 1.82) is 0 Å². The van der Waals surface area contributed by atoms with E-state index in [0.717, 1.165) is 27.1 Å². The molecule has 0 fully saturated rings. The molecule has 1 amide bonds. The molecule has 0 aliphatic carbocycles. The molecule has 2 aromatic heterocycles. The molecule has 9 heteroatoms. The molecular formula is C20H21FN6O2. The number of carbonyl (C=O) groups excluding carboxylic acids is 1. The molecule has 0 radical (unpaired) electrons. The van der Waals surface area contributed by atoms with Crippen LogP contribution in [0, 0.1) is 6.92 Å². The van der Waals surface area contributed by atoms with Gasteiger partial charge in [-0.15, -0.1) is 0 Å². The zero-order valence-electron chi connectivity index (χ0n) is 15.9.